The Morgan fingerprint density at radius 2 is 1.76 bits per heavy atom. The molecule has 0 spiro atoms. The van der Waals surface area contributed by atoms with Gasteiger partial charge in [0.2, 0.25) is 0 Å². The van der Waals surface area contributed by atoms with Crippen molar-refractivity contribution in [2.24, 2.45) is 46.3 Å². The molecule has 0 bridgehead atoms. The van der Waals surface area contributed by atoms with Gasteiger partial charge in [0.05, 0.1) is 19.8 Å². The second kappa shape index (κ2) is 13.1. The van der Waals surface area contributed by atoms with Gasteiger partial charge in [0.25, 0.3) is 0 Å². The van der Waals surface area contributed by atoms with Crippen molar-refractivity contribution in [3.63, 3.8) is 0 Å². The van der Waals surface area contributed by atoms with Gasteiger partial charge in [-0.15, -0.1) is 0 Å². The van der Waals surface area contributed by atoms with Crippen LogP contribution in [0.4, 0.5) is 4.79 Å². The first-order valence-corrected chi connectivity index (χ1v) is 15.8. The maximum Gasteiger partial charge on any atom is 0.508 e. The topological polar surface area (TPSA) is 54.0 Å². The Hall–Kier alpha value is -1.07. The zero-order chi connectivity index (χ0) is 27.3. The summed E-state index contributed by atoms with van der Waals surface area (Å²) in [6, 6.07) is 0. The van der Waals surface area contributed by atoms with Gasteiger partial charge < -0.3 is 18.9 Å². The first kappa shape index (κ1) is 29.9. The molecule has 1 unspecified atom stereocenters. The minimum absolute atomic E-state index is 0.0656. The van der Waals surface area contributed by atoms with Crippen molar-refractivity contribution in [3.05, 3.63) is 11.6 Å². The predicted octanol–water partition coefficient (Wildman–Crippen LogP) is 8.21. The van der Waals surface area contributed by atoms with Crippen molar-refractivity contribution in [2.45, 2.75) is 111 Å². The molecule has 0 radical (unpaired) electrons. The number of methoxy groups -OCH3 is 1. The number of carbonyl (C=O) groups excluding carboxylic acids is 1. The summed E-state index contributed by atoms with van der Waals surface area (Å²) in [6.45, 7) is 14.1. The van der Waals surface area contributed by atoms with Crippen LogP contribution < -0.4 is 0 Å². The van der Waals surface area contributed by atoms with Gasteiger partial charge >= 0.3 is 6.16 Å². The SMILES string of the molecule is COCCOCCOC(=O)OC1CC[C@@]2(C)C(=CC[C@H]3[C@@H]4CC[C@H]([C@H](C)CCCC(C)C)[C@@]4(C)CC[C@@H]32)C1. The van der Waals surface area contributed by atoms with Crippen LogP contribution in [0.25, 0.3) is 0 Å². The first-order chi connectivity index (χ1) is 18.2. The quantitative estimate of drug-likeness (QED) is 0.144. The molecular weight excluding hydrogens is 476 g/mol. The highest BCUT2D eigenvalue weighted by Gasteiger charge is 2.59. The standard InChI is InChI=1S/C33H56O5/c1-23(2)8-7-9-24(3)28-12-13-29-27-11-10-25-22-26(38-31(34)37-21-20-36-19-18-35-6)14-16-32(25,4)30(27)15-17-33(28,29)5/h10,23-24,26-30H,7-9,11-22H2,1-6H3/t24-,26?,27+,28-,29+,30+,32+,33-/m1/s1. The minimum atomic E-state index is -0.559. The average Bonchev–Trinajstić information content (AvgIpc) is 3.23. The van der Waals surface area contributed by atoms with Crippen LogP contribution in [0, 0.1) is 46.3 Å². The summed E-state index contributed by atoms with van der Waals surface area (Å²) in [5.74, 6) is 5.08. The van der Waals surface area contributed by atoms with E-state index in [1.165, 1.54) is 51.4 Å². The van der Waals surface area contributed by atoms with E-state index in [9.17, 15) is 4.79 Å². The van der Waals surface area contributed by atoms with Crippen LogP contribution in [0.15, 0.2) is 11.6 Å². The number of hydrogen-bond donors (Lipinski definition) is 0. The van der Waals surface area contributed by atoms with Gasteiger partial charge in [-0.3, -0.25) is 0 Å². The molecule has 0 aliphatic heterocycles. The Morgan fingerprint density at radius 3 is 2.53 bits per heavy atom. The summed E-state index contributed by atoms with van der Waals surface area (Å²) in [5, 5.41) is 0. The van der Waals surface area contributed by atoms with Gasteiger partial charge in [-0.2, -0.15) is 0 Å². The van der Waals surface area contributed by atoms with Crippen LogP contribution >= 0.6 is 0 Å². The van der Waals surface area contributed by atoms with Crippen LogP contribution in [-0.2, 0) is 18.9 Å². The predicted molar refractivity (Wildman–Crippen MR) is 152 cm³/mol. The molecule has 3 fully saturated rings. The van der Waals surface area contributed by atoms with E-state index in [1.54, 1.807) is 12.7 Å². The summed E-state index contributed by atoms with van der Waals surface area (Å²) in [7, 11) is 1.64. The number of hydrogen-bond acceptors (Lipinski definition) is 5. The summed E-state index contributed by atoms with van der Waals surface area (Å²) in [6.07, 6.45) is 15.9. The second-order valence-electron chi connectivity index (χ2n) is 14.0. The lowest BCUT2D eigenvalue weighted by Crippen LogP contribution is -2.51. The molecule has 0 saturated heterocycles. The van der Waals surface area contributed by atoms with Gasteiger partial charge in [-0.25, -0.2) is 4.79 Å². The Bertz CT molecular complexity index is 807. The number of fused-ring (bicyclic) bond motifs is 5. The van der Waals surface area contributed by atoms with E-state index in [0.717, 1.165) is 54.8 Å². The lowest BCUT2D eigenvalue weighted by atomic mass is 9.47. The molecule has 5 heteroatoms. The van der Waals surface area contributed by atoms with Crippen LogP contribution in [0.3, 0.4) is 0 Å². The Kier molecular flexibility index (Phi) is 10.3. The van der Waals surface area contributed by atoms with Crippen molar-refractivity contribution in [3.8, 4) is 0 Å². The van der Waals surface area contributed by atoms with Crippen LogP contribution in [0.2, 0.25) is 0 Å². The van der Waals surface area contributed by atoms with Crippen molar-refractivity contribution in [2.75, 3.05) is 33.5 Å². The molecule has 0 aromatic heterocycles. The molecule has 0 N–H and O–H groups in total. The third-order valence-corrected chi connectivity index (χ3v) is 11.4. The van der Waals surface area contributed by atoms with E-state index >= 15 is 0 Å². The number of ether oxygens (including phenoxy) is 4. The fraction of sp³-hybridized carbons (Fsp3) is 0.909. The highest BCUT2D eigenvalue weighted by molar-refractivity contribution is 5.60. The largest absolute Gasteiger partial charge is 0.508 e. The molecule has 3 saturated carbocycles. The fourth-order valence-corrected chi connectivity index (χ4v) is 9.35. The maximum absolute atomic E-state index is 12.3. The second-order valence-corrected chi connectivity index (χ2v) is 14.0. The minimum Gasteiger partial charge on any atom is -0.432 e. The van der Waals surface area contributed by atoms with Crippen LogP contribution in [0.1, 0.15) is 105 Å². The summed E-state index contributed by atoms with van der Waals surface area (Å²) < 4.78 is 21.3. The third kappa shape index (κ3) is 6.45. The van der Waals surface area contributed by atoms with Gasteiger partial charge in [-0.05, 0) is 91.3 Å². The molecule has 5 nitrogen and oxygen atoms in total. The average molecular weight is 533 g/mol. The van der Waals surface area contributed by atoms with Crippen molar-refractivity contribution < 1.29 is 23.7 Å². The highest BCUT2D eigenvalue weighted by atomic mass is 16.7. The summed E-state index contributed by atoms with van der Waals surface area (Å²) in [4.78, 5) is 12.3. The molecule has 4 aliphatic rings. The molecule has 8 atom stereocenters. The molecular formula is C33H56O5. The smallest absolute Gasteiger partial charge is 0.432 e. The highest BCUT2D eigenvalue weighted by Crippen LogP contribution is 2.67. The summed E-state index contributed by atoms with van der Waals surface area (Å²) >= 11 is 0. The monoisotopic (exact) mass is 532 g/mol. The van der Waals surface area contributed by atoms with E-state index in [4.69, 9.17) is 18.9 Å². The normalized spacial score (nSPS) is 37.1. The Labute approximate surface area is 232 Å². The number of allylic oxidation sites excluding steroid dienone is 1. The molecule has 4 aliphatic carbocycles. The Balaban J connectivity index is 1.31. The van der Waals surface area contributed by atoms with E-state index in [-0.39, 0.29) is 18.1 Å². The molecule has 0 heterocycles. The molecule has 38 heavy (non-hydrogen) atoms. The molecule has 0 aromatic carbocycles. The zero-order valence-electron chi connectivity index (χ0n) is 25.3. The zero-order valence-corrected chi connectivity index (χ0v) is 25.3. The third-order valence-electron chi connectivity index (χ3n) is 11.4. The molecule has 218 valence electrons. The van der Waals surface area contributed by atoms with Gasteiger partial charge in [0.1, 0.15) is 12.7 Å². The number of rotatable bonds is 12. The first-order valence-electron chi connectivity index (χ1n) is 15.8. The number of carbonyl (C=O) groups is 1. The Morgan fingerprint density at radius 1 is 0.974 bits per heavy atom. The van der Waals surface area contributed by atoms with E-state index in [2.05, 4.69) is 40.7 Å². The fourth-order valence-electron chi connectivity index (χ4n) is 9.35. The molecule has 0 aromatic rings. The van der Waals surface area contributed by atoms with Crippen molar-refractivity contribution >= 4 is 6.16 Å². The molecule has 0 amide bonds. The van der Waals surface area contributed by atoms with E-state index in [0.29, 0.717) is 25.2 Å². The maximum atomic E-state index is 12.3. The van der Waals surface area contributed by atoms with E-state index in [1.807, 2.05) is 0 Å². The van der Waals surface area contributed by atoms with Crippen molar-refractivity contribution in [1.29, 1.82) is 0 Å². The van der Waals surface area contributed by atoms with Gasteiger partial charge in [0, 0.05) is 13.5 Å². The van der Waals surface area contributed by atoms with E-state index < -0.39 is 6.16 Å². The van der Waals surface area contributed by atoms with Gasteiger partial charge in [0.15, 0.2) is 0 Å². The molecule has 4 rings (SSSR count). The lowest BCUT2D eigenvalue weighted by Gasteiger charge is -2.58. The lowest BCUT2D eigenvalue weighted by molar-refractivity contribution is -0.0626. The van der Waals surface area contributed by atoms with Crippen LogP contribution in [-0.4, -0.2) is 45.8 Å². The van der Waals surface area contributed by atoms with Gasteiger partial charge in [-0.1, -0.05) is 65.5 Å². The van der Waals surface area contributed by atoms with Crippen LogP contribution in [0.5, 0.6) is 0 Å². The summed E-state index contributed by atoms with van der Waals surface area (Å²) in [5.41, 5.74) is 2.34. The van der Waals surface area contributed by atoms with Crippen molar-refractivity contribution in [1.82, 2.24) is 0 Å².